The van der Waals surface area contributed by atoms with Gasteiger partial charge in [-0.25, -0.2) is 10.2 Å². The molecule has 28 heavy (non-hydrogen) atoms. The molecule has 0 spiro atoms. The highest BCUT2D eigenvalue weighted by Gasteiger charge is 2.40. The molecule has 0 aliphatic carbocycles. The third-order valence-corrected chi connectivity index (χ3v) is 4.94. The number of nitrogens with one attached hydrogen (secondary N) is 2. The first-order valence-corrected chi connectivity index (χ1v) is 9.78. The van der Waals surface area contributed by atoms with Gasteiger partial charge in [0.2, 0.25) is 0 Å². The lowest BCUT2D eigenvalue weighted by atomic mass is 9.81. The van der Waals surface area contributed by atoms with Crippen LogP contribution in [0.1, 0.15) is 52.0 Å². The minimum atomic E-state index is -0.612. The molecule has 1 unspecified atom stereocenters. The number of amides is 1. The average molecular weight is 401 g/mol. The Morgan fingerprint density at radius 1 is 1.39 bits per heavy atom. The maximum atomic E-state index is 12.7. The van der Waals surface area contributed by atoms with E-state index in [4.69, 9.17) is 16.3 Å². The number of nitriles is 1. The van der Waals surface area contributed by atoms with Gasteiger partial charge < -0.3 is 10.1 Å². The van der Waals surface area contributed by atoms with Crippen molar-refractivity contribution in [3.05, 3.63) is 57.5 Å². The van der Waals surface area contributed by atoms with E-state index >= 15 is 0 Å². The summed E-state index contributed by atoms with van der Waals surface area (Å²) >= 11 is 6.48. The fraction of sp³-hybridized carbons (Fsp3) is 0.429. The largest absolute Gasteiger partial charge is 0.442 e. The van der Waals surface area contributed by atoms with Crippen molar-refractivity contribution in [3.8, 4) is 6.07 Å². The van der Waals surface area contributed by atoms with Gasteiger partial charge in [-0.05, 0) is 38.8 Å². The average Bonchev–Trinajstić information content (AvgIpc) is 3.04. The Hall–Kier alpha value is -2.49. The molecule has 1 aromatic carbocycles. The summed E-state index contributed by atoms with van der Waals surface area (Å²) in [6.07, 6.45) is 1.08. The predicted octanol–water partition coefficient (Wildman–Crippen LogP) is 4.57. The zero-order valence-electron chi connectivity index (χ0n) is 16.6. The number of nitrogens with zero attached hydrogens (tertiary/aromatic N) is 2. The lowest BCUT2D eigenvalue weighted by Gasteiger charge is -2.31. The molecule has 2 aliphatic rings. The van der Waals surface area contributed by atoms with E-state index in [1.54, 1.807) is 0 Å². The van der Waals surface area contributed by atoms with Crippen molar-refractivity contribution in [2.45, 2.75) is 52.1 Å². The van der Waals surface area contributed by atoms with Crippen molar-refractivity contribution in [1.82, 2.24) is 15.8 Å². The van der Waals surface area contributed by atoms with Gasteiger partial charge in [0, 0.05) is 28.8 Å². The molecule has 1 amide bonds. The SMILES string of the molecule is CCCC1=C(C#N)C(c2ccccc2Cl)C2=C(N1)N(C(=O)OC(C)(C)C)NC2. The molecule has 3 rings (SSSR count). The molecule has 148 valence electrons. The fourth-order valence-electron chi connectivity index (χ4n) is 3.50. The number of carbonyl (C=O) groups is 1. The van der Waals surface area contributed by atoms with Gasteiger partial charge in [0.05, 0.1) is 11.6 Å². The summed E-state index contributed by atoms with van der Waals surface area (Å²) in [4.78, 5) is 12.7. The highest BCUT2D eigenvalue weighted by molar-refractivity contribution is 6.31. The smallest absolute Gasteiger partial charge is 0.430 e. The van der Waals surface area contributed by atoms with Crippen LogP contribution in [-0.2, 0) is 4.74 Å². The Morgan fingerprint density at radius 2 is 2.11 bits per heavy atom. The number of hydrogen-bond donors (Lipinski definition) is 2. The maximum Gasteiger partial charge on any atom is 0.430 e. The molecule has 0 radical (unpaired) electrons. The number of allylic oxidation sites excluding steroid dienone is 2. The van der Waals surface area contributed by atoms with E-state index in [1.807, 2.05) is 45.0 Å². The van der Waals surface area contributed by atoms with Gasteiger partial charge in [-0.3, -0.25) is 0 Å². The first-order chi connectivity index (χ1) is 13.3. The predicted molar refractivity (Wildman–Crippen MR) is 108 cm³/mol. The van der Waals surface area contributed by atoms with Crippen LogP contribution in [0.5, 0.6) is 0 Å². The van der Waals surface area contributed by atoms with Gasteiger partial charge in [0.1, 0.15) is 11.4 Å². The second-order valence-corrected chi connectivity index (χ2v) is 8.27. The van der Waals surface area contributed by atoms with Gasteiger partial charge >= 0.3 is 6.09 Å². The van der Waals surface area contributed by atoms with Gasteiger partial charge in [0.25, 0.3) is 0 Å². The topological polar surface area (TPSA) is 77.4 Å². The molecule has 0 bridgehead atoms. The summed E-state index contributed by atoms with van der Waals surface area (Å²) < 4.78 is 5.53. The minimum absolute atomic E-state index is 0.309. The van der Waals surface area contributed by atoms with Gasteiger partial charge in [-0.1, -0.05) is 43.1 Å². The summed E-state index contributed by atoms with van der Waals surface area (Å²) in [5.41, 5.74) is 5.69. The van der Waals surface area contributed by atoms with E-state index in [-0.39, 0.29) is 5.92 Å². The van der Waals surface area contributed by atoms with Crippen LogP contribution in [-0.4, -0.2) is 23.2 Å². The molecular weight excluding hydrogens is 376 g/mol. The Bertz CT molecular complexity index is 892. The van der Waals surface area contributed by atoms with Crippen molar-refractivity contribution >= 4 is 17.7 Å². The first kappa shape index (κ1) is 20.2. The maximum absolute atomic E-state index is 12.7. The molecule has 0 fully saturated rings. The number of hydrazine groups is 1. The second-order valence-electron chi connectivity index (χ2n) is 7.86. The molecule has 6 nitrogen and oxygen atoms in total. The summed E-state index contributed by atoms with van der Waals surface area (Å²) in [6, 6.07) is 9.90. The summed E-state index contributed by atoms with van der Waals surface area (Å²) in [5.74, 6) is 0.318. The summed E-state index contributed by atoms with van der Waals surface area (Å²) in [6.45, 7) is 7.95. The number of benzene rings is 1. The van der Waals surface area contributed by atoms with Crippen LogP contribution in [0, 0.1) is 11.3 Å². The van der Waals surface area contributed by atoms with Gasteiger partial charge in [-0.2, -0.15) is 10.3 Å². The number of halogens is 1. The van der Waals surface area contributed by atoms with E-state index < -0.39 is 11.7 Å². The Kier molecular flexibility index (Phi) is 5.69. The monoisotopic (exact) mass is 400 g/mol. The highest BCUT2D eigenvalue weighted by Crippen LogP contribution is 2.43. The zero-order chi connectivity index (χ0) is 20.5. The number of hydrogen-bond acceptors (Lipinski definition) is 5. The van der Waals surface area contributed by atoms with Crippen LogP contribution < -0.4 is 10.7 Å². The minimum Gasteiger partial charge on any atom is -0.442 e. The molecule has 0 saturated heterocycles. The van der Waals surface area contributed by atoms with Crippen LogP contribution >= 0.6 is 11.6 Å². The Morgan fingerprint density at radius 3 is 2.71 bits per heavy atom. The Labute approximate surface area is 170 Å². The fourth-order valence-corrected chi connectivity index (χ4v) is 3.74. The van der Waals surface area contributed by atoms with E-state index in [0.29, 0.717) is 29.4 Å². The zero-order valence-corrected chi connectivity index (χ0v) is 17.4. The van der Waals surface area contributed by atoms with E-state index in [9.17, 15) is 10.1 Å². The normalized spacial score (nSPS) is 19.3. The highest BCUT2D eigenvalue weighted by atomic mass is 35.5. The standard InChI is InChI=1S/C21H25ClN4O2/c1-5-8-17-14(11-23)18(13-9-6-7-10-16(13)22)15-12-24-26(19(15)25-17)20(27)28-21(2,3)4/h6-7,9-10,18,24-25H,5,8,12H2,1-4H3. The second kappa shape index (κ2) is 7.86. The van der Waals surface area contributed by atoms with Gasteiger partial charge in [0.15, 0.2) is 0 Å². The number of rotatable bonds is 3. The summed E-state index contributed by atoms with van der Waals surface area (Å²) in [7, 11) is 0. The van der Waals surface area contributed by atoms with Crippen LogP contribution in [0.2, 0.25) is 5.02 Å². The van der Waals surface area contributed by atoms with Crippen molar-refractivity contribution < 1.29 is 9.53 Å². The van der Waals surface area contributed by atoms with Crippen LogP contribution in [0.15, 0.2) is 46.9 Å². The molecule has 1 atom stereocenters. The van der Waals surface area contributed by atoms with E-state index in [0.717, 1.165) is 23.3 Å². The van der Waals surface area contributed by atoms with Crippen molar-refractivity contribution in [2.24, 2.45) is 0 Å². The third-order valence-electron chi connectivity index (χ3n) is 4.60. The van der Waals surface area contributed by atoms with Crippen LogP contribution in [0.25, 0.3) is 0 Å². The van der Waals surface area contributed by atoms with Crippen molar-refractivity contribution in [1.29, 1.82) is 5.26 Å². The quantitative estimate of drug-likeness (QED) is 0.776. The molecule has 1 aromatic rings. The number of ether oxygens (including phenoxy) is 1. The van der Waals surface area contributed by atoms with E-state index in [2.05, 4.69) is 23.7 Å². The molecule has 2 N–H and O–H groups in total. The lowest BCUT2D eigenvalue weighted by Crippen LogP contribution is -2.44. The van der Waals surface area contributed by atoms with E-state index in [1.165, 1.54) is 5.01 Å². The number of dihydropyridines is 1. The molecule has 2 aliphatic heterocycles. The van der Waals surface area contributed by atoms with Crippen LogP contribution in [0.3, 0.4) is 0 Å². The molecule has 0 aromatic heterocycles. The first-order valence-electron chi connectivity index (χ1n) is 9.41. The molecular formula is C21H25ClN4O2. The molecule has 7 heteroatoms. The molecule has 2 heterocycles. The Balaban J connectivity index is 2.08. The van der Waals surface area contributed by atoms with Crippen molar-refractivity contribution in [3.63, 3.8) is 0 Å². The van der Waals surface area contributed by atoms with Crippen LogP contribution in [0.4, 0.5) is 4.79 Å². The van der Waals surface area contributed by atoms with Gasteiger partial charge in [-0.15, -0.1) is 0 Å². The summed E-state index contributed by atoms with van der Waals surface area (Å²) in [5, 5.41) is 15.2. The van der Waals surface area contributed by atoms with Crippen molar-refractivity contribution in [2.75, 3.05) is 6.54 Å². The third kappa shape index (κ3) is 3.87. The lowest BCUT2D eigenvalue weighted by molar-refractivity contribution is 0.0241. The molecule has 0 saturated carbocycles. The number of carbonyl (C=O) groups excluding carboxylic acids is 1.